The molecule has 1 unspecified atom stereocenters. The molecule has 1 aromatic carbocycles. The Bertz CT molecular complexity index is 1060. The summed E-state index contributed by atoms with van der Waals surface area (Å²) in [5, 5.41) is 13.4. The van der Waals surface area contributed by atoms with E-state index in [0.717, 1.165) is 24.0 Å². The van der Waals surface area contributed by atoms with Gasteiger partial charge in [0, 0.05) is 12.6 Å². The van der Waals surface area contributed by atoms with Crippen molar-refractivity contribution in [2.45, 2.75) is 91.3 Å². The molecule has 11 nitrogen and oxygen atoms in total. The molecule has 0 bridgehead atoms. The van der Waals surface area contributed by atoms with Gasteiger partial charge in [-0.2, -0.15) is 0 Å². The number of nitrogens with one attached hydrogen (secondary N) is 5. The largest absolute Gasteiger partial charge is 0.467 e. The zero-order valence-electron chi connectivity index (χ0n) is 25.9. The molecule has 0 saturated carbocycles. The maximum Gasteiger partial charge on any atom is 0.328 e. The minimum atomic E-state index is -0.862. The average molecular weight is 588 g/mol. The van der Waals surface area contributed by atoms with E-state index in [4.69, 9.17) is 4.74 Å². The van der Waals surface area contributed by atoms with Crippen molar-refractivity contribution in [2.75, 3.05) is 20.2 Å². The van der Waals surface area contributed by atoms with Gasteiger partial charge in [-0.25, -0.2) is 9.59 Å². The normalized spacial score (nSPS) is 19.1. The highest BCUT2D eigenvalue weighted by atomic mass is 16.5. The number of benzene rings is 1. The third-order valence-corrected chi connectivity index (χ3v) is 6.28. The highest BCUT2D eigenvalue weighted by molar-refractivity contribution is 5.91. The van der Waals surface area contributed by atoms with Crippen LogP contribution in [0, 0.1) is 12.8 Å². The lowest BCUT2D eigenvalue weighted by atomic mass is 10.0. The smallest absolute Gasteiger partial charge is 0.328 e. The van der Waals surface area contributed by atoms with Crippen LogP contribution in [0.4, 0.5) is 4.79 Å². The molecule has 1 aliphatic heterocycles. The molecule has 0 aromatic heterocycles. The second kappa shape index (κ2) is 20.1. The molecule has 1 aliphatic rings. The molecule has 234 valence electrons. The molecule has 2 rings (SSSR count). The second-order valence-corrected chi connectivity index (χ2v) is 10.7. The van der Waals surface area contributed by atoms with Crippen molar-refractivity contribution < 1.29 is 28.7 Å². The number of aryl methyl sites for hydroxylation is 1. The Morgan fingerprint density at radius 1 is 1.10 bits per heavy atom. The lowest BCUT2D eigenvalue weighted by Crippen LogP contribution is -2.53. The third-order valence-electron chi connectivity index (χ3n) is 6.28. The van der Waals surface area contributed by atoms with Gasteiger partial charge in [0.2, 0.25) is 17.7 Å². The van der Waals surface area contributed by atoms with Crippen LogP contribution in [-0.4, -0.2) is 68.0 Å². The fourth-order valence-corrected chi connectivity index (χ4v) is 4.16. The first-order valence-electron chi connectivity index (χ1n) is 14.7. The quantitative estimate of drug-likeness (QED) is 0.295. The summed E-state index contributed by atoms with van der Waals surface area (Å²) >= 11 is 0. The van der Waals surface area contributed by atoms with Crippen molar-refractivity contribution in [3.63, 3.8) is 0 Å². The van der Waals surface area contributed by atoms with Crippen LogP contribution in [0.15, 0.2) is 36.4 Å². The second-order valence-electron chi connectivity index (χ2n) is 10.7. The number of ether oxygens (including phenoxy) is 1. The Kier molecular flexibility index (Phi) is 17.3. The Hall–Kier alpha value is -3.89. The summed E-state index contributed by atoms with van der Waals surface area (Å²) < 4.78 is 4.70. The van der Waals surface area contributed by atoms with Gasteiger partial charge in [-0.15, -0.1) is 0 Å². The molecular weight excluding hydrogens is 538 g/mol. The van der Waals surface area contributed by atoms with Crippen molar-refractivity contribution in [3.8, 4) is 0 Å². The molecule has 3 atom stereocenters. The van der Waals surface area contributed by atoms with E-state index < -0.39 is 36.0 Å². The summed E-state index contributed by atoms with van der Waals surface area (Å²) in [5.41, 5.74) is 2.08. The van der Waals surface area contributed by atoms with Gasteiger partial charge in [-0.3, -0.25) is 14.4 Å². The summed E-state index contributed by atoms with van der Waals surface area (Å²) in [6.45, 7) is 9.88. The first-order chi connectivity index (χ1) is 20.0. The van der Waals surface area contributed by atoms with Crippen LogP contribution in [-0.2, 0) is 30.3 Å². The fourth-order valence-electron chi connectivity index (χ4n) is 4.16. The number of methoxy groups -OCH3 is 1. The number of urea groups is 1. The van der Waals surface area contributed by atoms with Crippen LogP contribution in [0.2, 0.25) is 0 Å². The van der Waals surface area contributed by atoms with Crippen molar-refractivity contribution in [1.82, 2.24) is 26.6 Å². The first kappa shape index (κ1) is 36.1. The van der Waals surface area contributed by atoms with Crippen LogP contribution < -0.4 is 26.6 Å². The molecule has 0 fully saturated rings. The molecule has 1 heterocycles. The average Bonchev–Trinajstić information content (AvgIpc) is 2.95. The Morgan fingerprint density at radius 2 is 1.81 bits per heavy atom. The summed E-state index contributed by atoms with van der Waals surface area (Å²) in [5.74, 6) is -1.94. The molecule has 0 radical (unpaired) electrons. The van der Waals surface area contributed by atoms with Crippen molar-refractivity contribution >= 4 is 29.7 Å². The van der Waals surface area contributed by atoms with E-state index in [0.29, 0.717) is 25.8 Å². The molecule has 5 amide bonds. The zero-order valence-corrected chi connectivity index (χ0v) is 25.9. The number of carbonyl (C=O) groups is 5. The minimum Gasteiger partial charge on any atom is -0.467 e. The van der Waals surface area contributed by atoms with Gasteiger partial charge in [-0.1, -0.05) is 82.9 Å². The van der Waals surface area contributed by atoms with E-state index >= 15 is 0 Å². The number of esters is 1. The number of amides is 5. The van der Waals surface area contributed by atoms with Gasteiger partial charge >= 0.3 is 12.0 Å². The number of hydrogen-bond acceptors (Lipinski definition) is 6. The van der Waals surface area contributed by atoms with Crippen molar-refractivity contribution in [3.05, 3.63) is 47.5 Å². The van der Waals surface area contributed by atoms with Gasteiger partial charge in [0.05, 0.1) is 19.7 Å². The van der Waals surface area contributed by atoms with Gasteiger partial charge in [0.25, 0.3) is 0 Å². The summed E-state index contributed by atoms with van der Waals surface area (Å²) in [6, 6.07) is 5.03. The van der Waals surface area contributed by atoms with Crippen LogP contribution >= 0.6 is 0 Å². The van der Waals surface area contributed by atoms with Crippen LogP contribution in [0.1, 0.15) is 70.9 Å². The maximum atomic E-state index is 13.3. The SMILES string of the molecule is CCC.COC(=O)C(NC(=O)NCC(=O)N[C@H]1CCCCCNC(=O)/C=C/[C@H](Cc2cccc(C)c2)NC1=O)C(C)C. The highest BCUT2D eigenvalue weighted by Gasteiger charge is 2.26. The molecule has 1 aromatic rings. The molecule has 11 heteroatoms. The monoisotopic (exact) mass is 587 g/mol. The van der Waals surface area contributed by atoms with Gasteiger partial charge in [0.1, 0.15) is 12.1 Å². The first-order valence-corrected chi connectivity index (χ1v) is 14.7. The van der Waals surface area contributed by atoms with Gasteiger partial charge in [-0.05, 0) is 37.7 Å². The van der Waals surface area contributed by atoms with E-state index in [-0.39, 0.29) is 24.3 Å². The minimum absolute atomic E-state index is 0.214. The number of carbonyl (C=O) groups excluding carboxylic acids is 5. The Morgan fingerprint density at radius 3 is 2.45 bits per heavy atom. The zero-order chi connectivity index (χ0) is 31.5. The van der Waals surface area contributed by atoms with Crippen LogP contribution in [0.5, 0.6) is 0 Å². The fraction of sp³-hybridized carbons (Fsp3) is 0.581. The molecule has 5 N–H and O–H groups in total. The lowest BCUT2D eigenvalue weighted by molar-refractivity contribution is -0.144. The van der Waals surface area contributed by atoms with Gasteiger partial charge in [0.15, 0.2) is 0 Å². The van der Waals surface area contributed by atoms with Crippen LogP contribution in [0.25, 0.3) is 0 Å². The van der Waals surface area contributed by atoms with Crippen LogP contribution in [0.3, 0.4) is 0 Å². The third kappa shape index (κ3) is 14.7. The predicted octanol–water partition coefficient (Wildman–Crippen LogP) is 2.67. The van der Waals surface area contributed by atoms with Crippen molar-refractivity contribution in [1.29, 1.82) is 0 Å². The van der Waals surface area contributed by atoms with E-state index in [9.17, 15) is 24.0 Å². The van der Waals surface area contributed by atoms with E-state index in [1.165, 1.54) is 19.6 Å². The van der Waals surface area contributed by atoms with E-state index in [2.05, 4.69) is 40.4 Å². The topological polar surface area (TPSA) is 155 Å². The number of rotatable bonds is 8. The standard InChI is InChI=1S/C28H41N5O6.C3H8/c1-18(2)25(27(37)39-4)33-28(38)30-17-24(35)32-22-11-6-5-7-14-29-23(34)13-12-21(31-26(22)36)16-20-10-8-9-19(3)15-20;1-3-2/h8-10,12-13,15,18,21-22,25H,5-7,11,14,16-17H2,1-4H3,(H,29,34)(H,31,36)(H,32,35)(H2,30,33,38);3H2,1-2H3/b13-12+;/t21-,22+,25?;/m1./s1. The summed E-state index contributed by atoms with van der Waals surface area (Å²) in [4.78, 5) is 62.2. The lowest BCUT2D eigenvalue weighted by Gasteiger charge is -2.23. The predicted molar refractivity (Wildman–Crippen MR) is 163 cm³/mol. The Labute approximate surface area is 250 Å². The van der Waals surface area contributed by atoms with Crippen molar-refractivity contribution in [2.24, 2.45) is 5.92 Å². The van der Waals surface area contributed by atoms with E-state index in [1.807, 2.05) is 31.2 Å². The molecule has 0 aliphatic carbocycles. The highest BCUT2D eigenvalue weighted by Crippen LogP contribution is 2.10. The summed E-state index contributed by atoms with van der Waals surface area (Å²) in [6.07, 6.45) is 7.37. The van der Waals surface area contributed by atoms with Gasteiger partial charge < -0.3 is 31.3 Å². The molecular formula is C31H49N5O6. The van der Waals surface area contributed by atoms with E-state index in [1.54, 1.807) is 19.9 Å². The molecule has 42 heavy (non-hydrogen) atoms. The maximum absolute atomic E-state index is 13.3. The summed E-state index contributed by atoms with van der Waals surface area (Å²) in [7, 11) is 1.23. The number of hydrogen-bond donors (Lipinski definition) is 5. The Balaban J connectivity index is 0.00000281. The molecule has 0 saturated heterocycles. The molecule has 0 spiro atoms.